The quantitative estimate of drug-likeness (QED) is 0.565. The minimum atomic E-state index is -0.641. The molecule has 2 amide bonds. The van der Waals surface area contributed by atoms with Crippen LogP contribution in [0, 0.1) is 5.82 Å². The molecule has 0 unspecified atom stereocenters. The Bertz CT molecular complexity index is 900. The van der Waals surface area contributed by atoms with Crippen molar-refractivity contribution in [2.75, 3.05) is 6.61 Å². The summed E-state index contributed by atoms with van der Waals surface area (Å²) in [4.78, 5) is 27.9. The van der Waals surface area contributed by atoms with Crippen LogP contribution in [0.25, 0.3) is 0 Å². The van der Waals surface area contributed by atoms with Gasteiger partial charge in [0.1, 0.15) is 17.6 Å². The van der Waals surface area contributed by atoms with E-state index in [-0.39, 0.29) is 36.8 Å². The third-order valence-electron chi connectivity index (χ3n) is 5.81. The van der Waals surface area contributed by atoms with E-state index < -0.39 is 6.04 Å². The normalized spacial score (nSPS) is 15.1. The zero-order valence-corrected chi connectivity index (χ0v) is 19.1. The number of carbonyl (C=O) groups excluding carboxylic acids is 2. The van der Waals surface area contributed by atoms with E-state index in [4.69, 9.17) is 16.3 Å². The first-order chi connectivity index (χ1) is 15.5. The van der Waals surface area contributed by atoms with Gasteiger partial charge in [0.05, 0.1) is 0 Å². The van der Waals surface area contributed by atoms with Crippen molar-refractivity contribution in [3.05, 3.63) is 64.9 Å². The van der Waals surface area contributed by atoms with Crippen LogP contribution in [0.1, 0.15) is 51.0 Å². The highest BCUT2D eigenvalue weighted by Gasteiger charge is 2.31. The van der Waals surface area contributed by atoms with Crippen molar-refractivity contribution in [2.45, 2.75) is 64.1 Å². The molecular formula is C25H30ClFN2O3. The predicted octanol–water partition coefficient (Wildman–Crippen LogP) is 5.11. The Labute approximate surface area is 193 Å². The number of nitrogens with one attached hydrogen (secondary N) is 1. The summed E-state index contributed by atoms with van der Waals surface area (Å²) in [5.74, 6) is -0.479. The maximum Gasteiger partial charge on any atom is 0.261 e. The van der Waals surface area contributed by atoms with Crippen LogP contribution in [-0.4, -0.2) is 35.4 Å². The lowest BCUT2D eigenvalue weighted by molar-refractivity contribution is -0.143. The summed E-state index contributed by atoms with van der Waals surface area (Å²) in [6.07, 6.45) is 5.81. The number of rotatable bonds is 9. The van der Waals surface area contributed by atoms with Gasteiger partial charge in [0, 0.05) is 17.6 Å². The molecule has 1 N–H and O–H groups in total. The molecule has 7 heteroatoms. The second kappa shape index (κ2) is 11.9. The molecule has 1 fully saturated rings. The van der Waals surface area contributed by atoms with Crippen LogP contribution in [0.2, 0.25) is 5.02 Å². The van der Waals surface area contributed by atoms with Gasteiger partial charge >= 0.3 is 0 Å². The Morgan fingerprint density at radius 1 is 1.12 bits per heavy atom. The summed E-state index contributed by atoms with van der Waals surface area (Å²) in [5.41, 5.74) is 0.758. The summed E-state index contributed by atoms with van der Waals surface area (Å²) in [6.45, 7) is 1.82. The molecule has 1 aliphatic carbocycles. The van der Waals surface area contributed by atoms with Crippen molar-refractivity contribution in [3.63, 3.8) is 0 Å². The number of amides is 2. The highest BCUT2D eigenvalue weighted by Crippen LogP contribution is 2.22. The number of hydrogen-bond acceptors (Lipinski definition) is 3. The average molecular weight is 461 g/mol. The first-order valence-corrected chi connectivity index (χ1v) is 11.6. The number of halogens is 2. The zero-order valence-electron chi connectivity index (χ0n) is 18.4. The van der Waals surface area contributed by atoms with Gasteiger partial charge in [0.2, 0.25) is 5.91 Å². The fraction of sp³-hybridized carbons (Fsp3) is 0.440. The van der Waals surface area contributed by atoms with Gasteiger partial charge in [-0.2, -0.15) is 0 Å². The molecule has 1 aliphatic rings. The molecule has 0 heterocycles. The molecule has 1 saturated carbocycles. The zero-order chi connectivity index (χ0) is 22.9. The van der Waals surface area contributed by atoms with Gasteiger partial charge < -0.3 is 15.0 Å². The first kappa shape index (κ1) is 24.1. The van der Waals surface area contributed by atoms with E-state index in [0.29, 0.717) is 17.2 Å². The third-order valence-corrected chi connectivity index (χ3v) is 6.18. The Kier molecular flexibility index (Phi) is 8.91. The van der Waals surface area contributed by atoms with E-state index in [1.807, 2.05) is 25.1 Å². The number of benzene rings is 2. The van der Waals surface area contributed by atoms with E-state index >= 15 is 0 Å². The largest absolute Gasteiger partial charge is 0.484 e. The highest BCUT2D eigenvalue weighted by molar-refractivity contribution is 6.31. The van der Waals surface area contributed by atoms with E-state index in [9.17, 15) is 14.0 Å². The Hall–Kier alpha value is -2.60. The second-order valence-electron chi connectivity index (χ2n) is 8.12. The molecule has 0 saturated heterocycles. The molecule has 3 rings (SSSR count). The maximum atomic E-state index is 13.2. The molecule has 5 nitrogen and oxygen atoms in total. The molecule has 2 aromatic rings. The van der Waals surface area contributed by atoms with E-state index in [1.54, 1.807) is 6.07 Å². The van der Waals surface area contributed by atoms with Crippen molar-refractivity contribution in [3.8, 4) is 5.75 Å². The van der Waals surface area contributed by atoms with E-state index in [0.717, 1.165) is 31.2 Å². The lowest BCUT2D eigenvalue weighted by Gasteiger charge is -2.33. The smallest absolute Gasteiger partial charge is 0.261 e. The van der Waals surface area contributed by atoms with Crippen LogP contribution in [0.5, 0.6) is 5.75 Å². The lowest BCUT2D eigenvalue weighted by atomic mass is 9.95. The number of carbonyl (C=O) groups is 2. The van der Waals surface area contributed by atoms with E-state index in [1.165, 1.54) is 35.6 Å². The second-order valence-corrected chi connectivity index (χ2v) is 8.53. The van der Waals surface area contributed by atoms with Crippen LogP contribution in [0.3, 0.4) is 0 Å². The summed E-state index contributed by atoms with van der Waals surface area (Å²) >= 11 is 6.34. The SMILES string of the molecule is CC[C@H](C(=O)NC1CCCCC1)N(Cc1ccccc1Cl)C(=O)COc1ccc(F)cc1. The number of hydrogen-bond donors (Lipinski definition) is 1. The van der Waals surface area contributed by atoms with Crippen LogP contribution in [0.15, 0.2) is 48.5 Å². The van der Waals surface area contributed by atoms with Crippen LogP contribution in [-0.2, 0) is 16.1 Å². The molecular weight excluding hydrogens is 431 g/mol. The van der Waals surface area contributed by atoms with E-state index in [2.05, 4.69) is 5.32 Å². The van der Waals surface area contributed by atoms with Crippen molar-refractivity contribution >= 4 is 23.4 Å². The molecule has 0 radical (unpaired) electrons. The van der Waals surface area contributed by atoms with Crippen molar-refractivity contribution in [1.82, 2.24) is 10.2 Å². The van der Waals surface area contributed by atoms with Crippen molar-refractivity contribution in [1.29, 1.82) is 0 Å². The lowest BCUT2D eigenvalue weighted by Crippen LogP contribution is -2.52. The van der Waals surface area contributed by atoms with Crippen molar-refractivity contribution in [2.24, 2.45) is 0 Å². The standard InChI is InChI=1S/C25H30ClFN2O3/c1-2-23(25(31)28-20-9-4-3-5-10-20)29(16-18-8-6-7-11-22(18)26)24(30)17-32-21-14-12-19(27)13-15-21/h6-8,11-15,20,23H,2-5,9-10,16-17H2,1H3,(H,28,31)/t23-/m1/s1. The summed E-state index contributed by atoms with van der Waals surface area (Å²) in [5, 5.41) is 3.67. The predicted molar refractivity (Wildman–Crippen MR) is 123 cm³/mol. The van der Waals surface area contributed by atoms with Crippen molar-refractivity contribution < 1.29 is 18.7 Å². The maximum absolute atomic E-state index is 13.2. The van der Waals surface area contributed by atoms with Gasteiger partial charge in [-0.25, -0.2) is 4.39 Å². The van der Waals surface area contributed by atoms with Crippen LogP contribution < -0.4 is 10.1 Å². The molecule has 0 spiro atoms. The fourth-order valence-corrected chi connectivity index (χ4v) is 4.23. The van der Waals surface area contributed by atoms with Gasteiger partial charge in [0.15, 0.2) is 6.61 Å². The van der Waals surface area contributed by atoms with Gasteiger partial charge in [-0.05, 0) is 55.2 Å². The van der Waals surface area contributed by atoms with Crippen LogP contribution in [0.4, 0.5) is 4.39 Å². The minimum absolute atomic E-state index is 0.151. The van der Waals surface area contributed by atoms with Gasteiger partial charge in [-0.1, -0.05) is 56.0 Å². The molecule has 0 aromatic heterocycles. The van der Waals surface area contributed by atoms with Gasteiger partial charge in [-0.3, -0.25) is 9.59 Å². The molecule has 2 aromatic carbocycles. The summed E-state index contributed by atoms with van der Waals surface area (Å²) < 4.78 is 18.7. The average Bonchev–Trinajstić information content (AvgIpc) is 2.80. The Balaban J connectivity index is 1.75. The van der Waals surface area contributed by atoms with Gasteiger partial charge in [-0.15, -0.1) is 0 Å². The Morgan fingerprint density at radius 2 is 1.81 bits per heavy atom. The first-order valence-electron chi connectivity index (χ1n) is 11.2. The van der Waals surface area contributed by atoms with Gasteiger partial charge in [0.25, 0.3) is 5.91 Å². The monoisotopic (exact) mass is 460 g/mol. The molecule has 0 aliphatic heterocycles. The molecule has 1 atom stereocenters. The number of ether oxygens (including phenoxy) is 1. The fourth-order valence-electron chi connectivity index (χ4n) is 4.03. The molecule has 172 valence electrons. The topological polar surface area (TPSA) is 58.6 Å². The highest BCUT2D eigenvalue weighted by atomic mass is 35.5. The molecule has 32 heavy (non-hydrogen) atoms. The Morgan fingerprint density at radius 3 is 2.47 bits per heavy atom. The summed E-state index contributed by atoms with van der Waals surface area (Å²) in [6, 6.07) is 12.3. The van der Waals surface area contributed by atoms with Crippen LogP contribution >= 0.6 is 11.6 Å². The molecule has 0 bridgehead atoms. The number of nitrogens with zero attached hydrogens (tertiary/aromatic N) is 1. The summed E-state index contributed by atoms with van der Waals surface area (Å²) in [7, 11) is 0. The minimum Gasteiger partial charge on any atom is -0.484 e. The third kappa shape index (κ3) is 6.70.